The number of aromatic nitrogens is 4. The number of pyridine rings is 2. The minimum atomic E-state index is -0.275. The molecule has 9 rings (SSSR count). The normalized spacial score (nSPS) is 23.6. The fraction of sp³-hybridized carbons (Fsp3) is 0.474. The monoisotopic (exact) mass is 706 g/mol. The maximum absolute atomic E-state index is 13.4. The Kier molecular flexibility index (Phi) is 8.94. The van der Waals surface area contributed by atoms with Gasteiger partial charge in [0.2, 0.25) is 17.7 Å². The third-order valence-electron chi connectivity index (χ3n) is 11.1. The number of piperazine rings is 1. The number of hydrogen-bond acceptors (Lipinski definition) is 10. The summed E-state index contributed by atoms with van der Waals surface area (Å²) >= 11 is 0. The lowest BCUT2D eigenvalue weighted by Gasteiger charge is -2.57. The second kappa shape index (κ2) is 13.7. The number of amides is 3. The van der Waals surface area contributed by atoms with E-state index in [1.54, 1.807) is 48.5 Å². The minimum absolute atomic E-state index is 0.00281. The average molecular weight is 707 g/mol. The number of methoxy groups -OCH3 is 1. The van der Waals surface area contributed by atoms with Crippen molar-refractivity contribution in [3.8, 4) is 11.6 Å². The van der Waals surface area contributed by atoms with E-state index in [0.717, 1.165) is 42.8 Å². The molecule has 272 valence electrons. The first-order valence-electron chi connectivity index (χ1n) is 18.2. The topological polar surface area (TPSA) is 150 Å². The van der Waals surface area contributed by atoms with E-state index < -0.39 is 0 Å². The van der Waals surface area contributed by atoms with Crippen LogP contribution in [0.4, 0.5) is 27.9 Å². The van der Waals surface area contributed by atoms with E-state index >= 15 is 0 Å². The summed E-state index contributed by atoms with van der Waals surface area (Å²) in [6.07, 6.45) is 9.14. The highest BCUT2D eigenvalue weighted by molar-refractivity contribution is 5.92. The van der Waals surface area contributed by atoms with Crippen molar-refractivity contribution in [2.24, 2.45) is 17.8 Å². The highest BCUT2D eigenvalue weighted by Crippen LogP contribution is 2.55. The lowest BCUT2D eigenvalue weighted by atomic mass is 9.53. The molecule has 0 radical (unpaired) electrons. The summed E-state index contributed by atoms with van der Waals surface area (Å²) in [5.41, 5.74) is 1.81. The van der Waals surface area contributed by atoms with Gasteiger partial charge in [0.25, 0.3) is 5.56 Å². The first-order chi connectivity index (χ1) is 25.1. The van der Waals surface area contributed by atoms with Gasteiger partial charge in [-0.1, -0.05) is 6.07 Å². The number of ether oxygens (including phenoxy) is 1. The molecule has 52 heavy (non-hydrogen) atoms. The highest BCUT2D eigenvalue weighted by atomic mass is 16.5. The molecule has 5 fully saturated rings. The number of carbonyl (C=O) groups is 2. The predicted octanol–water partition coefficient (Wildman–Crippen LogP) is 4.23. The Bertz CT molecular complexity index is 2020. The summed E-state index contributed by atoms with van der Waals surface area (Å²) in [6.45, 7) is 2.82. The van der Waals surface area contributed by atoms with E-state index in [-0.39, 0.29) is 35.5 Å². The van der Waals surface area contributed by atoms with Crippen LogP contribution in [-0.2, 0) is 4.79 Å². The molecule has 3 amide bonds. The summed E-state index contributed by atoms with van der Waals surface area (Å²) < 4.78 is 7.18. The molecule has 1 aromatic carbocycles. The van der Waals surface area contributed by atoms with Gasteiger partial charge in [-0.3, -0.25) is 14.2 Å². The van der Waals surface area contributed by atoms with E-state index in [0.29, 0.717) is 60.2 Å². The second-order valence-electron chi connectivity index (χ2n) is 15.3. The van der Waals surface area contributed by atoms with Gasteiger partial charge in [-0.2, -0.15) is 9.97 Å². The van der Waals surface area contributed by atoms with Crippen molar-refractivity contribution >= 4 is 46.1 Å². The van der Waals surface area contributed by atoms with E-state index in [9.17, 15) is 14.4 Å². The smallest absolute Gasteiger partial charge is 0.317 e. The number of hydrogen-bond donors (Lipinski definition) is 3. The number of urea groups is 1. The van der Waals surface area contributed by atoms with Crippen LogP contribution >= 0.6 is 0 Å². The van der Waals surface area contributed by atoms with Gasteiger partial charge >= 0.3 is 6.03 Å². The van der Waals surface area contributed by atoms with E-state index in [4.69, 9.17) is 14.7 Å². The van der Waals surface area contributed by atoms with Gasteiger partial charge in [0.05, 0.1) is 19.3 Å². The Hall–Kier alpha value is -5.24. The first-order valence-corrected chi connectivity index (χ1v) is 18.2. The zero-order valence-corrected chi connectivity index (χ0v) is 30.0. The van der Waals surface area contributed by atoms with Gasteiger partial charge < -0.3 is 35.4 Å². The Balaban J connectivity index is 0.951. The van der Waals surface area contributed by atoms with Gasteiger partial charge in [0.1, 0.15) is 11.5 Å². The fourth-order valence-electron chi connectivity index (χ4n) is 9.23. The zero-order valence-electron chi connectivity index (χ0n) is 30.0. The Morgan fingerprint density at radius 2 is 1.67 bits per heavy atom. The molecule has 0 spiro atoms. The molecule has 4 heterocycles. The first kappa shape index (κ1) is 33.9. The zero-order chi connectivity index (χ0) is 36.0. The van der Waals surface area contributed by atoms with Crippen LogP contribution in [0.25, 0.3) is 16.7 Å². The van der Waals surface area contributed by atoms with Crippen molar-refractivity contribution in [1.82, 2.24) is 34.6 Å². The molecule has 4 saturated carbocycles. The summed E-state index contributed by atoms with van der Waals surface area (Å²) in [6, 6.07) is 14.1. The molecular weight excluding hydrogens is 660 g/mol. The lowest BCUT2D eigenvalue weighted by molar-refractivity contribution is -0.116. The van der Waals surface area contributed by atoms with E-state index in [1.165, 1.54) is 29.9 Å². The second-order valence-corrected chi connectivity index (χ2v) is 15.3. The van der Waals surface area contributed by atoms with Gasteiger partial charge in [0.15, 0.2) is 5.65 Å². The van der Waals surface area contributed by atoms with Crippen molar-refractivity contribution < 1.29 is 14.3 Å². The highest BCUT2D eigenvalue weighted by Gasteiger charge is 2.52. The van der Waals surface area contributed by atoms with Gasteiger partial charge in [-0.25, -0.2) is 9.78 Å². The molecule has 14 nitrogen and oxygen atoms in total. The van der Waals surface area contributed by atoms with Crippen LogP contribution in [0.3, 0.4) is 0 Å². The Labute approximate surface area is 302 Å². The molecule has 1 saturated heterocycles. The molecular formula is C38H46N10O4. The van der Waals surface area contributed by atoms with Crippen LogP contribution in [0, 0.1) is 17.8 Å². The van der Waals surface area contributed by atoms with Gasteiger partial charge in [-0.15, -0.1) is 0 Å². The largest absolute Gasteiger partial charge is 0.479 e. The number of fused-ring (bicyclic) bond motifs is 1. The molecule has 5 aliphatic rings. The van der Waals surface area contributed by atoms with Crippen molar-refractivity contribution in [2.75, 3.05) is 69.5 Å². The number of nitrogens with one attached hydrogen (secondary N) is 3. The maximum Gasteiger partial charge on any atom is 0.317 e. The third kappa shape index (κ3) is 6.86. The number of rotatable bonds is 9. The SMILES string of the molecule is COc1nc(N2CCN(C(=O)NC34CC5CC(CC(C5)C3)C4)CC2)ccc1Nc1ncc2ccc(=O)n(-c3cccc(NC(=O)CN(C)C)c3)c2n1. The van der Waals surface area contributed by atoms with E-state index in [1.807, 2.05) is 31.1 Å². The number of likely N-dealkylation sites (N-methyl/N-ethyl adjacent to an activating group) is 1. The van der Waals surface area contributed by atoms with Crippen LogP contribution in [0.1, 0.15) is 38.5 Å². The number of benzene rings is 1. The molecule has 14 heteroatoms. The van der Waals surface area contributed by atoms with Crippen LogP contribution in [0.2, 0.25) is 0 Å². The molecule has 3 N–H and O–H groups in total. The summed E-state index contributed by atoms with van der Waals surface area (Å²) in [7, 11) is 5.21. The number of nitrogens with zero attached hydrogens (tertiary/aromatic N) is 7. The summed E-state index contributed by atoms with van der Waals surface area (Å²) in [5, 5.41) is 10.3. The van der Waals surface area contributed by atoms with Crippen LogP contribution in [0.15, 0.2) is 59.5 Å². The van der Waals surface area contributed by atoms with Crippen LogP contribution < -0.4 is 31.1 Å². The van der Waals surface area contributed by atoms with Crippen molar-refractivity contribution in [2.45, 2.75) is 44.1 Å². The number of anilines is 4. The fourth-order valence-corrected chi connectivity index (χ4v) is 9.23. The summed E-state index contributed by atoms with van der Waals surface area (Å²) in [4.78, 5) is 58.9. The quantitative estimate of drug-likeness (QED) is 0.231. The van der Waals surface area contributed by atoms with Crippen LogP contribution in [0.5, 0.6) is 5.88 Å². The van der Waals surface area contributed by atoms with Gasteiger partial charge in [0, 0.05) is 55.1 Å². The molecule has 0 unspecified atom stereocenters. The Morgan fingerprint density at radius 1 is 0.942 bits per heavy atom. The molecule has 1 aliphatic heterocycles. The molecule has 0 atom stereocenters. The van der Waals surface area contributed by atoms with Crippen LogP contribution in [-0.4, -0.2) is 101 Å². The summed E-state index contributed by atoms with van der Waals surface area (Å²) in [5.74, 6) is 3.59. The molecule has 4 bridgehead atoms. The maximum atomic E-state index is 13.4. The van der Waals surface area contributed by atoms with Crippen molar-refractivity contribution in [3.63, 3.8) is 0 Å². The molecule has 4 aromatic rings. The Morgan fingerprint density at radius 3 is 2.37 bits per heavy atom. The van der Waals surface area contributed by atoms with Crippen molar-refractivity contribution in [1.29, 1.82) is 0 Å². The van der Waals surface area contributed by atoms with Gasteiger partial charge in [-0.05, 0) is 107 Å². The third-order valence-corrected chi connectivity index (χ3v) is 11.1. The molecule has 4 aliphatic carbocycles. The standard InChI is InChI=1S/C38H46N10O4/c1-45(2)23-32(49)40-28-5-4-6-29(18-28)48-33(50)10-7-27-22-39-36(43-34(27)48)41-30-8-9-31(42-35(30)52-3)46-11-13-47(14-12-46)37(51)44-38-19-24-15-25(20-38)17-26(16-24)21-38/h4-10,18,22,24-26H,11-17,19-21,23H2,1-3H3,(H,40,49)(H,44,51)(H,39,41,43). The minimum Gasteiger partial charge on any atom is -0.479 e. The predicted molar refractivity (Wildman–Crippen MR) is 200 cm³/mol. The molecule has 3 aromatic heterocycles. The van der Waals surface area contributed by atoms with E-state index in [2.05, 4.69) is 25.8 Å². The average Bonchev–Trinajstić information content (AvgIpc) is 3.10. The lowest BCUT2D eigenvalue weighted by Crippen LogP contribution is -2.63. The number of carbonyl (C=O) groups excluding carboxylic acids is 2. The van der Waals surface area contributed by atoms with Crippen molar-refractivity contribution in [3.05, 3.63) is 65.1 Å².